The summed E-state index contributed by atoms with van der Waals surface area (Å²) in [5, 5.41) is 0. The molecule has 2 N–H and O–H groups in total. The van der Waals surface area contributed by atoms with Gasteiger partial charge in [-0.2, -0.15) is 0 Å². The van der Waals surface area contributed by atoms with Gasteiger partial charge in [-0.15, -0.1) is 0 Å². The zero-order chi connectivity index (χ0) is 10.6. The number of rotatable bonds is 4. The summed E-state index contributed by atoms with van der Waals surface area (Å²) in [6.07, 6.45) is 0. The predicted octanol–water partition coefficient (Wildman–Crippen LogP) is 2.46. The molecule has 0 unspecified atom stereocenters. The highest BCUT2D eigenvalue weighted by molar-refractivity contribution is 5.36. The summed E-state index contributed by atoms with van der Waals surface area (Å²) in [5.74, 6) is 1.46. The van der Waals surface area contributed by atoms with Crippen molar-refractivity contribution in [3.8, 4) is 5.75 Å². The van der Waals surface area contributed by atoms with Crippen LogP contribution in [-0.2, 0) is 0 Å². The van der Waals surface area contributed by atoms with Gasteiger partial charge in [-0.25, -0.2) is 0 Å². The van der Waals surface area contributed by atoms with Crippen molar-refractivity contribution in [2.75, 3.05) is 13.2 Å². The summed E-state index contributed by atoms with van der Waals surface area (Å²) in [6.45, 7) is 7.65. The van der Waals surface area contributed by atoms with Crippen molar-refractivity contribution in [3.63, 3.8) is 0 Å². The smallest absolute Gasteiger partial charge is 0.119 e. The minimum Gasteiger partial charge on any atom is -0.492 e. The molecule has 0 radical (unpaired) electrons. The second-order valence-corrected chi connectivity index (χ2v) is 3.81. The molecule has 1 rings (SSSR count). The van der Waals surface area contributed by atoms with Gasteiger partial charge in [0, 0.05) is 6.54 Å². The van der Waals surface area contributed by atoms with Crippen molar-refractivity contribution in [2.45, 2.75) is 26.7 Å². The molecule has 0 aliphatic carbocycles. The third-order valence-corrected chi connectivity index (χ3v) is 2.26. The van der Waals surface area contributed by atoms with E-state index in [1.165, 1.54) is 11.1 Å². The van der Waals surface area contributed by atoms with Crippen molar-refractivity contribution >= 4 is 0 Å². The molecule has 1 aromatic rings. The van der Waals surface area contributed by atoms with Gasteiger partial charge in [0.2, 0.25) is 0 Å². The third-order valence-electron chi connectivity index (χ3n) is 2.26. The standard InChI is InChI=1S/C12H19NO/c1-9(2)12-8-11(14-7-6-13)5-4-10(12)3/h4-5,8-9H,6-7,13H2,1-3H3. The maximum atomic E-state index is 5.48. The molecular formula is C12H19NO. The van der Waals surface area contributed by atoms with E-state index in [0.29, 0.717) is 19.1 Å². The number of hydrogen-bond donors (Lipinski definition) is 1. The first kappa shape index (κ1) is 11.1. The molecule has 0 amide bonds. The Kier molecular flexibility index (Phi) is 3.96. The van der Waals surface area contributed by atoms with E-state index in [2.05, 4.69) is 32.9 Å². The molecule has 0 saturated heterocycles. The molecule has 0 saturated carbocycles. The summed E-state index contributed by atoms with van der Waals surface area (Å²) in [7, 11) is 0. The van der Waals surface area contributed by atoms with Crippen molar-refractivity contribution in [1.29, 1.82) is 0 Å². The maximum Gasteiger partial charge on any atom is 0.119 e. The number of aryl methyl sites for hydroxylation is 1. The average Bonchev–Trinajstić information content (AvgIpc) is 2.16. The fourth-order valence-corrected chi connectivity index (χ4v) is 1.51. The van der Waals surface area contributed by atoms with Gasteiger partial charge in [0.25, 0.3) is 0 Å². The molecule has 0 heterocycles. The first-order chi connectivity index (χ1) is 6.65. The van der Waals surface area contributed by atoms with Crippen molar-refractivity contribution < 1.29 is 4.74 Å². The molecule has 0 aromatic heterocycles. The second-order valence-electron chi connectivity index (χ2n) is 3.81. The minimum absolute atomic E-state index is 0.538. The third kappa shape index (κ3) is 2.74. The molecule has 14 heavy (non-hydrogen) atoms. The molecule has 2 heteroatoms. The fourth-order valence-electron chi connectivity index (χ4n) is 1.51. The van der Waals surface area contributed by atoms with Crippen LogP contribution >= 0.6 is 0 Å². The molecule has 0 atom stereocenters. The molecular weight excluding hydrogens is 174 g/mol. The van der Waals surface area contributed by atoms with E-state index in [1.807, 2.05) is 6.07 Å². The van der Waals surface area contributed by atoms with Gasteiger partial charge < -0.3 is 10.5 Å². The fraction of sp³-hybridized carbons (Fsp3) is 0.500. The Labute approximate surface area is 86.1 Å². The lowest BCUT2D eigenvalue weighted by Crippen LogP contribution is -2.10. The van der Waals surface area contributed by atoms with E-state index < -0.39 is 0 Å². The first-order valence-electron chi connectivity index (χ1n) is 5.08. The Hall–Kier alpha value is -1.02. The van der Waals surface area contributed by atoms with E-state index in [9.17, 15) is 0 Å². The molecule has 0 fully saturated rings. The van der Waals surface area contributed by atoms with Gasteiger partial charge in [0.15, 0.2) is 0 Å². The lowest BCUT2D eigenvalue weighted by molar-refractivity contribution is 0.328. The van der Waals surface area contributed by atoms with Gasteiger partial charge in [-0.3, -0.25) is 0 Å². The van der Waals surface area contributed by atoms with Crippen molar-refractivity contribution in [1.82, 2.24) is 0 Å². The van der Waals surface area contributed by atoms with Crippen LogP contribution in [0.4, 0.5) is 0 Å². The second kappa shape index (κ2) is 5.01. The largest absolute Gasteiger partial charge is 0.492 e. The molecule has 78 valence electrons. The Balaban J connectivity index is 2.83. The molecule has 0 bridgehead atoms. The Morgan fingerprint density at radius 3 is 2.64 bits per heavy atom. The van der Waals surface area contributed by atoms with E-state index in [0.717, 1.165) is 5.75 Å². The Morgan fingerprint density at radius 2 is 2.07 bits per heavy atom. The Morgan fingerprint density at radius 1 is 1.36 bits per heavy atom. The predicted molar refractivity (Wildman–Crippen MR) is 59.8 cm³/mol. The lowest BCUT2D eigenvalue weighted by Gasteiger charge is -2.12. The molecule has 1 aromatic carbocycles. The van der Waals surface area contributed by atoms with Crippen LogP contribution in [0.25, 0.3) is 0 Å². The molecule has 0 spiro atoms. The van der Waals surface area contributed by atoms with Crippen LogP contribution in [0.3, 0.4) is 0 Å². The molecule has 2 nitrogen and oxygen atoms in total. The van der Waals surface area contributed by atoms with Gasteiger partial charge >= 0.3 is 0 Å². The topological polar surface area (TPSA) is 35.2 Å². The lowest BCUT2D eigenvalue weighted by atomic mass is 9.98. The van der Waals surface area contributed by atoms with Gasteiger partial charge in [-0.05, 0) is 36.1 Å². The minimum atomic E-state index is 0.538. The highest BCUT2D eigenvalue weighted by atomic mass is 16.5. The first-order valence-corrected chi connectivity index (χ1v) is 5.08. The summed E-state index contributed by atoms with van der Waals surface area (Å²) in [6, 6.07) is 6.20. The van der Waals surface area contributed by atoms with E-state index in [4.69, 9.17) is 10.5 Å². The molecule has 0 aliphatic heterocycles. The van der Waals surface area contributed by atoms with Crippen LogP contribution in [0.2, 0.25) is 0 Å². The summed E-state index contributed by atoms with van der Waals surface area (Å²) in [5.41, 5.74) is 8.05. The maximum absolute atomic E-state index is 5.48. The van der Waals surface area contributed by atoms with Crippen LogP contribution in [0.1, 0.15) is 30.9 Å². The quantitative estimate of drug-likeness (QED) is 0.797. The van der Waals surface area contributed by atoms with Crippen LogP contribution < -0.4 is 10.5 Å². The van der Waals surface area contributed by atoms with E-state index >= 15 is 0 Å². The summed E-state index contributed by atoms with van der Waals surface area (Å²) < 4.78 is 5.48. The molecule has 0 aliphatic rings. The normalized spacial score (nSPS) is 10.6. The number of nitrogens with two attached hydrogens (primary N) is 1. The number of ether oxygens (including phenoxy) is 1. The Bertz CT molecular complexity index is 294. The SMILES string of the molecule is Cc1ccc(OCCN)cc1C(C)C. The summed E-state index contributed by atoms with van der Waals surface area (Å²) >= 11 is 0. The van der Waals surface area contributed by atoms with Gasteiger partial charge in [0.1, 0.15) is 12.4 Å². The zero-order valence-corrected chi connectivity index (χ0v) is 9.21. The number of benzene rings is 1. The van der Waals surface area contributed by atoms with Gasteiger partial charge in [-0.1, -0.05) is 19.9 Å². The summed E-state index contributed by atoms with van der Waals surface area (Å²) in [4.78, 5) is 0. The van der Waals surface area contributed by atoms with Crippen molar-refractivity contribution in [2.24, 2.45) is 5.73 Å². The highest BCUT2D eigenvalue weighted by Gasteiger charge is 2.04. The average molecular weight is 193 g/mol. The van der Waals surface area contributed by atoms with Crippen LogP contribution in [-0.4, -0.2) is 13.2 Å². The van der Waals surface area contributed by atoms with Crippen LogP contribution in [0, 0.1) is 6.92 Å². The van der Waals surface area contributed by atoms with E-state index in [1.54, 1.807) is 0 Å². The van der Waals surface area contributed by atoms with Crippen molar-refractivity contribution in [3.05, 3.63) is 29.3 Å². The number of hydrogen-bond acceptors (Lipinski definition) is 2. The van der Waals surface area contributed by atoms with Crippen LogP contribution in [0.5, 0.6) is 5.75 Å². The van der Waals surface area contributed by atoms with Gasteiger partial charge in [0.05, 0.1) is 0 Å². The van der Waals surface area contributed by atoms with Crippen LogP contribution in [0.15, 0.2) is 18.2 Å². The van der Waals surface area contributed by atoms with E-state index in [-0.39, 0.29) is 0 Å². The monoisotopic (exact) mass is 193 g/mol. The zero-order valence-electron chi connectivity index (χ0n) is 9.21. The highest BCUT2D eigenvalue weighted by Crippen LogP contribution is 2.23.